The fourth-order valence-corrected chi connectivity index (χ4v) is 4.10. The molecular formula is C25H19ClN4O2. The molecular weight excluding hydrogens is 424 g/mol. The van der Waals surface area contributed by atoms with Crippen LogP contribution in [0.2, 0.25) is 5.02 Å². The first-order valence-corrected chi connectivity index (χ1v) is 10.5. The number of pyridine rings is 2. The molecule has 6 nitrogen and oxygen atoms in total. The van der Waals surface area contributed by atoms with Gasteiger partial charge in [0.2, 0.25) is 0 Å². The number of benzene rings is 2. The maximum absolute atomic E-state index is 13.6. The van der Waals surface area contributed by atoms with Gasteiger partial charge >= 0.3 is 0 Å². The Kier molecular flexibility index (Phi) is 4.99. The average molecular weight is 443 g/mol. The Morgan fingerprint density at radius 1 is 1.00 bits per heavy atom. The van der Waals surface area contributed by atoms with E-state index in [0.717, 1.165) is 16.7 Å². The number of hydrogen-bond acceptors (Lipinski definition) is 3. The normalized spacial score (nSPS) is 11.2. The van der Waals surface area contributed by atoms with Gasteiger partial charge < -0.3 is 4.57 Å². The highest BCUT2D eigenvalue weighted by Crippen LogP contribution is 2.27. The third-order valence-electron chi connectivity index (χ3n) is 5.44. The Morgan fingerprint density at radius 3 is 2.50 bits per heavy atom. The lowest BCUT2D eigenvalue weighted by molar-refractivity contribution is 0.771. The molecule has 0 saturated carbocycles. The highest BCUT2D eigenvalue weighted by molar-refractivity contribution is 6.32. The van der Waals surface area contributed by atoms with Crippen LogP contribution in [0.3, 0.4) is 0 Å². The average Bonchev–Trinajstić information content (AvgIpc) is 3.11. The van der Waals surface area contributed by atoms with Crippen LogP contribution >= 0.6 is 11.6 Å². The lowest BCUT2D eigenvalue weighted by atomic mass is 10.0. The summed E-state index contributed by atoms with van der Waals surface area (Å²) in [5.74, 6) is 0. The summed E-state index contributed by atoms with van der Waals surface area (Å²) in [6.07, 6.45) is 3.40. The summed E-state index contributed by atoms with van der Waals surface area (Å²) in [5, 5.41) is 3.93. The number of aromatic nitrogens is 4. The first kappa shape index (κ1) is 20.0. The van der Waals surface area contributed by atoms with Gasteiger partial charge in [0.15, 0.2) is 0 Å². The summed E-state index contributed by atoms with van der Waals surface area (Å²) in [6, 6.07) is 20.1. The van der Waals surface area contributed by atoms with E-state index in [1.54, 1.807) is 35.2 Å². The number of halogens is 1. The predicted octanol–water partition coefficient (Wildman–Crippen LogP) is 4.55. The molecule has 0 bridgehead atoms. The van der Waals surface area contributed by atoms with Crippen LogP contribution < -0.4 is 11.1 Å². The Morgan fingerprint density at radius 2 is 1.78 bits per heavy atom. The number of aromatic amines is 1. The standard InChI is InChI=1S/C25H19ClN4O2/c1-16-8-10-18(11-9-16)24-23-20(13-22(31)29(24)15-17-5-4-12-27-14-17)28-30(25(23)32)21-7-3-2-6-19(21)26/h2-14,28H,15H2,1H3. The molecule has 2 aromatic carbocycles. The lowest BCUT2D eigenvalue weighted by Gasteiger charge is -2.14. The minimum Gasteiger partial charge on any atom is -0.303 e. The minimum atomic E-state index is -0.274. The van der Waals surface area contributed by atoms with E-state index in [-0.39, 0.29) is 11.1 Å². The molecule has 0 amide bonds. The van der Waals surface area contributed by atoms with Gasteiger partial charge in [-0.2, -0.15) is 0 Å². The number of aryl methyl sites for hydroxylation is 1. The Labute approximate surface area is 188 Å². The highest BCUT2D eigenvalue weighted by Gasteiger charge is 2.20. The van der Waals surface area contributed by atoms with E-state index in [4.69, 9.17) is 11.6 Å². The Hall–Kier alpha value is -3.90. The molecule has 0 atom stereocenters. The van der Waals surface area contributed by atoms with E-state index in [2.05, 4.69) is 10.1 Å². The first-order chi connectivity index (χ1) is 15.5. The Balaban J connectivity index is 1.85. The third kappa shape index (κ3) is 3.44. The predicted molar refractivity (Wildman–Crippen MR) is 127 cm³/mol. The molecule has 1 N–H and O–H groups in total. The summed E-state index contributed by atoms with van der Waals surface area (Å²) < 4.78 is 3.01. The number of nitrogens with zero attached hydrogens (tertiary/aromatic N) is 3. The fraction of sp³-hybridized carbons (Fsp3) is 0.0800. The van der Waals surface area contributed by atoms with Gasteiger partial charge in [0.1, 0.15) is 0 Å². The van der Waals surface area contributed by atoms with Crippen molar-refractivity contribution >= 4 is 22.5 Å². The summed E-state index contributed by atoms with van der Waals surface area (Å²) in [6.45, 7) is 2.29. The van der Waals surface area contributed by atoms with Crippen molar-refractivity contribution in [2.45, 2.75) is 13.5 Å². The first-order valence-electron chi connectivity index (χ1n) is 10.1. The van der Waals surface area contributed by atoms with Gasteiger partial charge in [-0.15, -0.1) is 0 Å². The van der Waals surface area contributed by atoms with Crippen LogP contribution in [-0.2, 0) is 6.54 Å². The van der Waals surface area contributed by atoms with Crippen LogP contribution in [-0.4, -0.2) is 19.3 Å². The summed E-state index contributed by atoms with van der Waals surface area (Å²) in [5.41, 5.74) is 3.78. The van der Waals surface area contributed by atoms with E-state index in [1.165, 1.54) is 10.7 Å². The quantitative estimate of drug-likeness (QED) is 0.443. The van der Waals surface area contributed by atoms with Crippen molar-refractivity contribution in [3.05, 3.63) is 116 Å². The summed E-state index contributed by atoms with van der Waals surface area (Å²) in [4.78, 5) is 31.0. The molecule has 0 saturated heterocycles. The topological polar surface area (TPSA) is 72.7 Å². The van der Waals surface area contributed by atoms with Crippen molar-refractivity contribution in [1.29, 1.82) is 0 Å². The number of fused-ring (bicyclic) bond motifs is 1. The molecule has 0 aliphatic carbocycles. The minimum absolute atomic E-state index is 0.218. The molecule has 0 unspecified atom stereocenters. The maximum atomic E-state index is 13.6. The van der Waals surface area contributed by atoms with E-state index in [1.807, 2.05) is 49.4 Å². The van der Waals surface area contributed by atoms with Crippen molar-refractivity contribution in [3.8, 4) is 16.9 Å². The summed E-state index contributed by atoms with van der Waals surface area (Å²) >= 11 is 6.35. The van der Waals surface area contributed by atoms with E-state index < -0.39 is 0 Å². The monoisotopic (exact) mass is 442 g/mol. The van der Waals surface area contributed by atoms with Crippen molar-refractivity contribution in [1.82, 2.24) is 19.3 Å². The van der Waals surface area contributed by atoms with Crippen molar-refractivity contribution in [2.24, 2.45) is 0 Å². The molecule has 5 rings (SSSR count). The van der Waals surface area contributed by atoms with Gasteiger partial charge in [-0.3, -0.25) is 19.7 Å². The lowest BCUT2D eigenvalue weighted by Crippen LogP contribution is -2.23. The van der Waals surface area contributed by atoms with E-state index in [9.17, 15) is 9.59 Å². The van der Waals surface area contributed by atoms with Gasteiger partial charge in [0.25, 0.3) is 11.1 Å². The zero-order valence-corrected chi connectivity index (χ0v) is 18.0. The number of nitrogens with one attached hydrogen (secondary N) is 1. The smallest absolute Gasteiger partial charge is 0.281 e. The zero-order valence-electron chi connectivity index (χ0n) is 17.2. The van der Waals surface area contributed by atoms with Gasteiger partial charge in [-0.05, 0) is 36.2 Å². The van der Waals surface area contributed by atoms with Crippen molar-refractivity contribution in [3.63, 3.8) is 0 Å². The molecule has 0 aliphatic rings. The second-order valence-corrected chi connectivity index (χ2v) is 8.04. The second kappa shape index (κ2) is 7.98. The molecule has 0 spiro atoms. The summed E-state index contributed by atoms with van der Waals surface area (Å²) in [7, 11) is 0. The largest absolute Gasteiger partial charge is 0.303 e. The van der Waals surface area contributed by atoms with Gasteiger partial charge in [-0.1, -0.05) is 59.6 Å². The number of rotatable bonds is 4. The van der Waals surface area contributed by atoms with Crippen molar-refractivity contribution < 1.29 is 0 Å². The molecule has 0 fully saturated rings. The second-order valence-electron chi connectivity index (χ2n) is 7.64. The van der Waals surface area contributed by atoms with Gasteiger partial charge in [0.05, 0.1) is 33.9 Å². The van der Waals surface area contributed by atoms with Crippen LogP contribution in [0.25, 0.3) is 27.8 Å². The van der Waals surface area contributed by atoms with Crippen LogP contribution in [0, 0.1) is 6.92 Å². The van der Waals surface area contributed by atoms with E-state index in [0.29, 0.717) is 33.9 Å². The van der Waals surface area contributed by atoms with Crippen LogP contribution in [0.4, 0.5) is 0 Å². The molecule has 158 valence electrons. The number of hydrogen-bond donors (Lipinski definition) is 1. The highest BCUT2D eigenvalue weighted by atomic mass is 35.5. The number of para-hydroxylation sites is 1. The van der Waals surface area contributed by atoms with Gasteiger partial charge in [-0.25, -0.2) is 4.68 Å². The molecule has 32 heavy (non-hydrogen) atoms. The Bertz CT molecular complexity index is 1550. The van der Waals surface area contributed by atoms with E-state index >= 15 is 0 Å². The molecule has 3 heterocycles. The zero-order chi connectivity index (χ0) is 22.2. The molecule has 7 heteroatoms. The third-order valence-corrected chi connectivity index (χ3v) is 5.76. The van der Waals surface area contributed by atoms with Crippen LogP contribution in [0.1, 0.15) is 11.1 Å². The van der Waals surface area contributed by atoms with Gasteiger partial charge in [0, 0.05) is 18.5 Å². The molecule has 3 aromatic heterocycles. The number of H-pyrrole nitrogens is 1. The molecule has 0 radical (unpaired) electrons. The van der Waals surface area contributed by atoms with Crippen LogP contribution in [0.5, 0.6) is 0 Å². The maximum Gasteiger partial charge on any atom is 0.281 e. The van der Waals surface area contributed by atoms with Crippen LogP contribution in [0.15, 0.2) is 88.7 Å². The fourth-order valence-electron chi connectivity index (χ4n) is 3.88. The molecule has 0 aliphatic heterocycles. The SMILES string of the molecule is Cc1ccc(-c2c3c(=O)n(-c4ccccc4Cl)[nH]c3cc(=O)n2Cc2cccnc2)cc1. The molecule has 5 aromatic rings. The van der Waals surface area contributed by atoms with Crippen molar-refractivity contribution in [2.75, 3.05) is 0 Å².